The van der Waals surface area contributed by atoms with E-state index < -0.39 is 17.6 Å². The van der Waals surface area contributed by atoms with E-state index in [0.717, 1.165) is 0 Å². The molecule has 0 saturated heterocycles. The number of allylic oxidation sites excluding steroid dienone is 2. The maximum Gasteiger partial charge on any atom is 0.343 e. The van der Waals surface area contributed by atoms with Gasteiger partial charge < -0.3 is 28.3 Å². The molecule has 2 heterocycles. The highest BCUT2D eigenvalue weighted by atomic mass is 35.5. The van der Waals surface area contributed by atoms with Crippen LogP contribution in [0.4, 0.5) is 0 Å². The minimum Gasteiger partial charge on any atom is -0.493 e. The first-order valence-electron chi connectivity index (χ1n) is 10.4. The summed E-state index contributed by atoms with van der Waals surface area (Å²) in [5, 5.41) is 2.21. The van der Waals surface area contributed by atoms with Crippen molar-refractivity contribution in [3.63, 3.8) is 0 Å². The molecule has 1 aliphatic rings. The van der Waals surface area contributed by atoms with Crippen molar-refractivity contribution < 1.29 is 28.5 Å². The summed E-state index contributed by atoms with van der Waals surface area (Å²) in [5.41, 5.74) is 0.692. The summed E-state index contributed by atoms with van der Waals surface area (Å²) in [6, 6.07) is 4.91. The summed E-state index contributed by atoms with van der Waals surface area (Å²) in [4.78, 5) is 24.8. The molecule has 2 aromatic rings. The van der Waals surface area contributed by atoms with Gasteiger partial charge in [0.05, 0.1) is 32.3 Å². The van der Waals surface area contributed by atoms with E-state index in [-0.39, 0.29) is 5.56 Å². The van der Waals surface area contributed by atoms with Gasteiger partial charge in [-0.15, -0.1) is 11.8 Å². The van der Waals surface area contributed by atoms with Gasteiger partial charge in [0.25, 0.3) is 0 Å². The SMILES string of the molecule is C=C(Cl)/C=C\SC[C@H]1Oc2cc(OCCCOC)c(OC)cc2-c2cc(=O)c(C(=O)OC)cn21. The zero-order valence-electron chi connectivity index (χ0n) is 19.2. The highest BCUT2D eigenvalue weighted by Crippen LogP contribution is 2.45. The van der Waals surface area contributed by atoms with Crippen LogP contribution in [0.5, 0.6) is 17.2 Å². The van der Waals surface area contributed by atoms with Crippen LogP contribution in [0.15, 0.2) is 52.3 Å². The number of aromatic nitrogens is 1. The van der Waals surface area contributed by atoms with E-state index in [1.54, 1.807) is 35.3 Å². The van der Waals surface area contributed by atoms with Crippen molar-refractivity contribution in [2.45, 2.75) is 12.6 Å². The Morgan fingerprint density at radius 2 is 2.03 bits per heavy atom. The molecule has 182 valence electrons. The van der Waals surface area contributed by atoms with Crippen molar-refractivity contribution in [1.29, 1.82) is 0 Å². The number of hydrogen-bond donors (Lipinski definition) is 0. The average Bonchev–Trinajstić information content (AvgIpc) is 2.83. The number of thioether (sulfide) groups is 1. The number of hydrogen-bond acceptors (Lipinski definition) is 8. The molecular formula is C24H26ClNO7S. The lowest BCUT2D eigenvalue weighted by Crippen LogP contribution is -2.28. The number of fused-ring (bicyclic) bond motifs is 3. The van der Waals surface area contributed by atoms with Gasteiger partial charge in [0, 0.05) is 49.1 Å². The van der Waals surface area contributed by atoms with E-state index >= 15 is 0 Å². The molecule has 0 radical (unpaired) electrons. The Bertz CT molecular complexity index is 1140. The highest BCUT2D eigenvalue weighted by Gasteiger charge is 2.29. The van der Waals surface area contributed by atoms with Gasteiger partial charge in [0.1, 0.15) is 11.3 Å². The van der Waals surface area contributed by atoms with Gasteiger partial charge in [-0.05, 0) is 17.6 Å². The lowest BCUT2D eigenvalue weighted by Gasteiger charge is -2.31. The molecule has 0 amide bonds. The molecule has 0 spiro atoms. The van der Waals surface area contributed by atoms with Crippen LogP contribution in [-0.2, 0) is 9.47 Å². The van der Waals surface area contributed by atoms with E-state index in [2.05, 4.69) is 6.58 Å². The molecule has 1 aromatic heterocycles. The van der Waals surface area contributed by atoms with Gasteiger partial charge in [0.2, 0.25) is 0 Å². The number of methoxy groups -OCH3 is 3. The number of ether oxygens (including phenoxy) is 5. The standard InChI is InChI=1S/C24H26ClNO7S/c1-15(25)6-9-34-14-23-26-13-17(24(28)31-4)19(27)11-18(26)16-10-21(30-3)22(12-20(16)33-23)32-8-5-7-29-2/h6,9-13,23H,1,5,7-8,14H2,2-4H3/b9-6-/t23-/m1/s1. The quantitative estimate of drug-likeness (QED) is 0.247. The Labute approximate surface area is 207 Å². The second-order valence-corrected chi connectivity index (χ2v) is 8.61. The van der Waals surface area contributed by atoms with Crippen LogP contribution in [0.25, 0.3) is 11.3 Å². The second-order valence-electron chi connectivity index (χ2n) is 7.18. The summed E-state index contributed by atoms with van der Waals surface area (Å²) in [7, 11) is 4.40. The van der Waals surface area contributed by atoms with E-state index in [9.17, 15) is 9.59 Å². The minimum absolute atomic E-state index is 0.0805. The smallest absolute Gasteiger partial charge is 0.343 e. The number of benzene rings is 1. The predicted octanol–water partition coefficient (Wildman–Crippen LogP) is 4.62. The fraction of sp³-hybridized carbons (Fsp3) is 0.333. The van der Waals surface area contributed by atoms with E-state index in [0.29, 0.717) is 58.9 Å². The van der Waals surface area contributed by atoms with Crippen molar-refractivity contribution >= 4 is 29.3 Å². The molecule has 1 aliphatic heterocycles. The fourth-order valence-electron chi connectivity index (χ4n) is 3.34. The van der Waals surface area contributed by atoms with Crippen molar-refractivity contribution in [1.82, 2.24) is 4.57 Å². The molecule has 0 saturated carbocycles. The van der Waals surface area contributed by atoms with Crippen LogP contribution in [0.3, 0.4) is 0 Å². The number of esters is 1. The molecular weight excluding hydrogens is 482 g/mol. The fourth-order valence-corrected chi connectivity index (χ4v) is 4.24. The summed E-state index contributed by atoms with van der Waals surface area (Å²) in [6.07, 6.45) is 3.32. The predicted molar refractivity (Wildman–Crippen MR) is 132 cm³/mol. The Morgan fingerprint density at radius 3 is 2.71 bits per heavy atom. The monoisotopic (exact) mass is 507 g/mol. The largest absolute Gasteiger partial charge is 0.493 e. The Kier molecular flexibility index (Phi) is 9.09. The number of carbonyl (C=O) groups is 1. The number of rotatable bonds is 11. The first kappa shape index (κ1) is 25.7. The molecule has 0 N–H and O–H groups in total. The Hall–Kier alpha value is -2.88. The topological polar surface area (TPSA) is 85.2 Å². The van der Waals surface area contributed by atoms with E-state index in [4.69, 9.17) is 35.3 Å². The van der Waals surface area contributed by atoms with Crippen LogP contribution in [0, 0.1) is 0 Å². The first-order chi connectivity index (χ1) is 16.4. The summed E-state index contributed by atoms with van der Waals surface area (Å²) >= 11 is 7.24. The Morgan fingerprint density at radius 1 is 1.24 bits per heavy atom. The third-order valence-corrected chi connectivity index (χ3v) is 5.87. The van der Waals surface area contributed by atoms with Crippen LogP contribution >= 0.6 is 23.4 Å². The van der Waals surface area contributed by atoms with Gasteiger partial charge in [-0.25, -0.2) is 4.79 Å². The Balaban J connectivity index is 2.04. The summed E-state index contributed by atoms with van der Waals surface area (Å²) < 4.78 is 29.2. The zero-order chi connectivity index (χ0) is 24.7. The summed E-state index contributed by atoms with van der Waals surface area (Å²) in [5.74, 6) is 1.29. The maximum atomic E-state index is 12.7. The lowest BCUT2D eigenvalue weighted by atomic mass is 10.0. The normalized spacial score (nSPS) is 14.2. The highest BCUT2D eigenvalue weighted by molar-refractivity contribution is 8.02. The van der Waals surface area contributed by atoms with Crippen molar-refractivity contribution in [2.24, 2.45) is 0 Å². The van der Waals surface area contributed by atoms with E-state index in [1.165, 1.54) is 38.2 Å². The van der Waals surface area contributed by atoms with Crippen LogP contribution in [0.2, 0.25) is 0 Å². The third-order valence-electron chi connectivity index (χ3n) is 4.93. The third kappa shape index (κ3) is 5.97. The molecule has 1 aromatic carbocycles. The number of carbonyl (C=O) groups excluding carboxylic acids is 1. The molecule has 0 bridgehead atoms. The molecule has 0 fully saturated rings. The van der Waals surface area contributed by atoms with Crippen molar-refractivity contribution in [3.8, 4) is 28.5 Å². The minimum atomic E-state index is -0.715. The number of halogens is 1. The number of pyridine rings is 1. The van der Waals surface area contributed by atoms with E-state index in [1.807, 2.05) is 0 Å². The number of nitrogens with zero attached hydrogens (tertiary/aromatic N) is 1. The van der Waals surface area contributed by atoms with Crippen LogP contribution < -0.4 is 19.6 Å². The molecule has 8 nitrogen and oxygen atoms in total. The zero-order valence-corrected chi connectivity index (χ0v) is 20.7. The van der Waals surface area contributed by atoms with Crippen molar-refractivity contribution in [2.75, 3.05) is 40.3 Å². The van der Waals surface area contributed by atoms with Crippen molar-refractivity contribution in [3.05, 3.63) is 63.3 Å². The van der Waals surface area contributed by atoms with Gasteiger partial charge in [0.15, 0.2) is 23.2 Å². The van der Waals surface area contributed by atoms with Gasteiger partial charge in [-0.2, -0.15) is 0 Å². The van der Waals surface area contributed by atoms with Crippen LogP contribution in [-0.4, -0.2) is 50.8 Å². The average molecular weight is 508 g/mol. The maximum absolute atomic E-state index is 12.7. The lowest BCUT2D eigenvalue weighted by molar-refractivity contribution is 0.0596. The van der Waals surface area contributed by atoms with Gasteiger partial charge >= 0.3 is 5.97 Å². The molecule has 0 unspecified atom stereocenters. The summed E-state index contributed by atoms with van der Waals surface area (Å²) in [6.45, 7) is 4.64. The van der Waals surface area contributed by atoms with Gasteiger partial charge in [-0.3, -0.25) is 4.79 Å². The molecule has 1 atom stereocenters. The van der Waals surface area contributed by atoms with Gasteiger partial charge in [-0.1, -0.05) is 18.2 Å². The molecule has 0 aliphatic carbocycles. The first-order valence-corrected chi connectivity index (χ1v) is 11.8. The van der Waals surface area contributed by atoms with Crippen LogP contribution in [0.1, 0.15) is 23.0 Å². The molecule has 34 heavy (non-hydrogen) atoms. The second kappa shape index (κ2) is 12.0. The molecule has 10 heteroatoms. The molecule has 3 rings (SSSR count).